The third kappa shape index (κ3) is 7.90. The largest absolute Gasteiger partial charge is 0.457 e. The van der Waals surface area contributed by atoms with Crippen molar-refractivity contribution >= 4 is 70.8 Å². The fourth-order valence-electron chi connectivity index (χ4n) is 4.58. The van der Waals surface area contributed by atoms with Crippen molar-refractivity contribution in [3.8, 4) is 12.1 Å². The van der Waals surface area contributed by atoms with Gasteiger partial charge in [0.15, 0.2) is 17.2 Å². The van der Waals surface area contributed by atoms with Gasteiger partial charge in [-0.1, -0.05) is 11.6 Å². The number of aromatic nitrogens is 4. The second-order valence-corrected chi connectivity index (χ2v) is 10.0. The van der Waals surface area contributed by atoms with Crippen molar-refractivity contribution in [3.63, 3.8) is 0 Å². The van der Waals surface area contributed by atoms with Crippen molar-refractivity contribution in [3.05, 3.63) is 34.6 Å². The smallest absolute Gasteiger partial charge is 0.407 e. The van der Waals surface area contributed by atoms with Gasteiger partial charge in [0, 0.05) is 13.1 Å². The molecule has 3 aromatic rings. The Labute approximate surface area is 268 Å². The molecule has 2 amide bonds. The number of hydrogen-bond acceptors (Lipinski definition) is 14. The number of piperidine rings is 1. The van der Waals surface area contributed by atoms with Crippen LogP contribution in [0.25, 0.3) is 5.65 Å². The molecule has 0 aliphatic carbocycles. The van der Waals surface area contributed by atoms with Crippen LogP contribution in [-0.4, -0.2) is 82.5 Å². The zero-order valence-electron chi connectivity index (χ0n) is 24.1. The number of amides is 2. The third-order valence-electron chi connectivity index (χ3n) is 6.63. The summed E-state index contributed by atoms with van der Waals surface area (Å²) in [6, 6.07) is 5.24. The maximum absolute atomic E-state index is 12.7. The van der Waals surface area contributed by atoms with E-state index in [4.69, 9.17) is 32.5 Å². The Bertz CT molecular complexity index is 1670. The van der Waals surface area contributed by atoms with Crippen LogP contribution in [0, 0.1) is 22.7 Å². The lowest BCUT2D eigenvalue weighted by Crippen LogP contribution is -2.56. The summed E-state index contributed by atoms with van der Waals surface area (Å²) in [4.78, 5) is 46.4. The minimum Gasteiger partial charge on any atom is -0.457 e. The molecule has 0 unspecified atom stereocenters. The molecule has 3 atom stereocenters. The van der Waals surface area contributed by atoms with Gasteiger partial charge in [-0.25, -0.2) is 9.78 Å². The van der Waals surface area contributed by atoms with Gasteiger partial charge in [0.1, 0.15) is 18.2 Å². The molecule has 3 heterocycles. The number of nitrogens with zero attached hydrogens (tertiary/aromatic N) is 7. The first kappa shape index (κ1) is 34.4. The number of alkyl carbamates (subject to hydrolysis) is 1. The molecule has 2 aromatic heterocycles. The molecule has 1 saturated heterocycles. The number of halogens is 2. The maximum Gasteiger partial charge on any atom is 0.407 e. The molecule has 0 saturated carbocycles. The number of ether oxygens (including phenoxy) is 2. The molecule has 1 aliphatic heterocycles. The maximum atomic E-state index is 12.7. The monoisotopic (exact) mass is 660 g/mol. The second kappa shape index (κ2) is 15.1. The number of hydrogen-bond donors (Lipinski definition) is 5. The lowest BCUT2D eigenvalue weighted by Gasteiger charge is -2.40. The summed E-state index contributed by atoms with van der Waals surface area (Å²) in [5.74, 6) is -1.21. The molecule has 1 aromatic carbocycles. The van der Waals surface area contributed by atoms with E-state index in [-0.39, 0.29) is 53.3 Å². The summed E-state index contributed by atoms with van der Waals surface area (Å²) in [5.41, 5.74) is 12.4. The van der Waals surface area contributed by atoms with Crippen molar-refractivity contribution in [2.75, 3.05) is 42.3 Å². The van der Waals surface area contributed by atoms with E-state index in [0.29, 0.717) is 30.2 Å². The summed E-state index contributed by atoms with van der Waals surface area (Å²) in [5, 5.41) is 32.6. The van der Waals surface area contributed by atoms with Gasteiger partial charge in [0.2, 0.25) is 11.9 Å². The fraction of sp³-hybridized carbons (Fsp3) is 0.385. The number of carbonyl (C=O) groups is 3. The first-order chi connectivity index (χ1) is 21.1. The van der Waals surface area contributed by atoms with Gasteiger partial charge in [-0.3, -0.25) is 9.59 Å². The van der Waals surface area contributed by atoms with Gasteiger partial charge in [-0.2, -0.15) is 20.0 Å². The van der Waals surface area contributed by atoms with E-state index in [2.05, 4.69) is 37.1 Å². The molecule has 17 nitrogen and oxygen atoms in total. The molecule has 7 N–H and O–H groups in total. The molecular formula is C26H30Cl2N12O5. The number of imidazole rings is 1. The third-order valence-corrected chi connectivity index (χ3v) is 7.03. The molecule has 0 spiro atoms. The summed E-state index contributed by atoms with van der Waals surface area (Å²) in [6.07, 6.45) is -0.427. The van der Waals surface area contributed by atoms with E-state index in [1.807, 2.05) is 13.0 Å². The zero-order chi connectivity index (χ0) is 32.0. The second-order valence-electron chi connectivity index (χ2n) is 9.63. The van der Waals surface area contributed by atoms with Crippen molar-refractivity contribution in [2.45, 2.75) is 38.0 Å². The van der Waals surface area contributed by atoms with Crippen LogP contribution >= 0.6 is 24.0 Å². The highest BCUT2D eigenvalue weighted by molar-refractivity contribution is 6.36. The van der Waals surface area contributed by atoms with Crippen LogP contribution in [0.1, 0.15) is 31.0 Å². The number of nitriles is 2. The Morgan fingerprint density at radius 2 is 2.02 bits per heavy atom. The quantitative estimate of drug-likeness (QED) is 0.191. The number of anilines is 4. The van der Waals surface area contributed by atoms with Gasteiger partial charge < -0.3 is 41.8 Å². The molecule has 19 heteroatoms. The highest BCUT2D eigenvalue weighted by atomic mass is 35.5. The van der Waals surface area contributed by atoms with E-state index in [0.717, 1.165) is 0 Å². The average molecular weight is 662 g/mol. The highest BCUT2D eigenvalue weighted by Crippen LogP contribution is 2.37. The normalized spacial score (nSPS) is 16.4. The first-order valence-corrected chi connectivity index (χ1v) is 13.7. The van der Waals surface area contributed by atoms with Crippen LogP contribution < -0.4 is 32.3 Å². The van der Waals surface area contributed by atoms with Crippen molar-refractivity contribution in [1.29, 1.82) is 10.5 Å². The van der Waals surface area contributed by atoms with Crippen LogP contribution in [0.2, 0.25) is 5.02 Å². The number of benzene rings is 1. The van der Waals surface area contributed by atoms with Crippen LogP contribution in [-0.2, 0) is 19.1 Å². The van der Waals surface area contributed by atoms with E-state index in [1.54, 1.807) is 11.0 Å². The fourth-order valence-corrected chi connectivity index (χ4v) is 4.85. The molecule has 0 bridgehead atoms. The summed E-state index contributed by atoms with van der Waals surface area (Å²) < 4.78 is 11.6. The minimum atomic E-state index is -1.30. The van der Waals surface area contributed by atoms with E-state index < -0.39 is 42.6 Å². The first-order valence-electron chi connectivity index (χ1n) is 13.3. The van der Waals surface area contributed by atoms with E-state index >= 15 is 0 Å². The average Bonchev–Trinajstić information content (AvgIpc) is 3.42. The van der Waals surface area contributed by atoms with Crippen LogP contribution in [0.5, 0.6) is 0 Å². The van der Waals surface area contributed by atoms with Gasteiger partial charge in [-0.15, -0.1) is 17.5 Å². The van der Waals surface area contributed by atoms with Gasteiger partial charge >= 0.3 is 12.1 Å². The highest BCUT2D eigenvalue weighted by Gasteiger charge is 2.36. The number of primary amides is 1. The predicted molar refractivity (Wildman–Crippen MR) is 164 cm³/mol. The minimum absolute atomic E-state index is 0. The number of nitrogens with one attached hydrogen (secondary N) is 3. The number of carbonyl (C=O) groups excluding carboxylic acids is 3. The van der Waals surface area contributed by atoms with E-state index in [9.17, 15) is 24.9 Å². The number of esters is 1. The Morgan fingerprint density at radius 1 is 1.27 bits per heavy atom. The predicted octanol–water partition coefficient (Wildman–Crippen LogP) is 1.17. The van der Waals surface area contributed by atoms with Crippen LogP contribution in [0.4, 0.5) is 27.9 Å². The molecule has 0 radical (unpaired) electrons. The lowest BCUT2D eigenvalue weighted by atomic mass is 10.00. The molecular weight excluding hydrogens is 631 g/mol. The van der Waals surface area contributed by atoms with Crippen LogP contribution in [0.15, 0.2) is 18.3 Å². The topological polar surface area (TPSA) is 252 Å². The Morgan fingerprint density at radius 3 is 2.67 bits per heavy atom. The Hall–Kier alpha value is -5.10. The standard InChI is InChI=1S/C26H29ClN12O5.ClH/c1-3-32-22-23-33-11-14(10-29)39(23)37-25(36-22)34-17-6-13(9-28)7-18(21(17)27)38-5-4-16(35-26(42)43-2)19(12-38)44-24(41)15(30)8-20(31)40;/h6-7,11,15-16,19H,3-5,8,12,30H2,1-2H3,(H2,31,40)(H,35,42)(H2,32,34,36,37);1H/t15-,16-,19-;/m1./s1. The summed E-state index contributed by atoms with van der Waals surface area (Å²) >= 11 is 6.86. The molecule has 1 fully saturated rings. The van der Waals surface area contributed by atoms with E-state index in [1.165, 1.54) is 23.9 Å². The molecule has 4 rings (SSSR count). The summed E-state index contributed by atoms with van der Waals surface area (Å²) in [7, 11) is 1.20. The van der Waals surface area contributed by atoms with Crippen molar-refractivity contribution in [1.82, 2.24) is 24.9 Å². The van der Waals surface area contributed by atoms with Crippen LogP contribution in [0.3, 0.4) is 0 Å². The van der Waals surface area contributed by atoms with Gasteiger partial charge in [0.25, 0.3) is 0 Å². The number of nitrogens with two attached hydrogens (primary N) is 2. The molecule has 45 heavy (non-hydrogen) atoms. The number of rotatable bonds is 10. The van der Waals surface area contributed by atoms with Gasteiger partial charge in [0.05, 0.1) is 60.3 Å². The van der Waals surface area contributed by atoms with Crippen molar-refractivity contribution < 1.29 is 23.9 Å². The summed E-state index contributed by atoms with van der Waals surface area (Å²) in [6.45, 7) is 2.76. The lowest BCUT2D eigenvalue weighted by molar-refractivity contribution is -0.153. The Balaban J connectivity index is 0.00000552. The van der Waals surface area contributed by atoms with Crippen molar-refractivity contribution in [2.24, 2.45) is 11.5 Å². The number of fused-ring (bicyclic) bond motifs is 1. The number of methoxy groups -OCH3 is 1. The SMILES string of the molecule is CCNc1nc(Nc2cc(C#N)cc(N3CC[C@@H](NC(=O)OC)[C@H](OC(=O)[C@H](N)CC(N)=O)C3)c2Cl)nn2c(C#N)cnc12.Cl. The zero-order valence-corrected chi connectivity index (χ0v) is 25.7. The molecule has 1 aliphatic rings. The van der Waals surface area contributed by atoms with Gasteiger partial charge in [-0.05, 0) is 25.5 Å². The molecule has 238 valence electrons. The Kier molecular flexibility index (Phi) is 11.5.